The van der Waals surface area contributed by atoms with Gasteiger partial charge in [0.1, 0.15) is 0 Å². The van der Waals surface area contributed by atoms with E-state index in [9.17, 15) is 5.11 Å². The van der Waals surface area contributed by atoms with Gasteiger partial charge in [0.05, 0.1) is 6.10 Å². The van der Waals surface area contributed by atoms with Crippen molar-refractivity contribution in [3.8, 4) is 0 Å². The molecule has 0 saturated heterocycles. The third kappa shape index (κ3) is 5.43. The number of aliphatic hydroxyl groups is 1. The normalized spacial score (nSPS) is 13.2. The lowest BCUT2D eigenvalue weighted by atomic mass is 9.88. The maximum atomic E-state index is 10.0. The lowest BCUT2D eigenvalue weighted by Crippen LogP contribution is -2.20. The molecule has 14 heavy (non-hydrogen) atoms. The van der Waals surface area contributed by atoms with Crippen molar-refractivity contribution in [3.05, 3.63) is 12.2 Å². The maximum Gasteiger partial charge on any atom is 0.0605 e. The Kier molecular flexibility index (Phi) is 7.87. The van der Waals surface area contributed by atoms with Crippen molar-refractivity contribution in [3.63, 3.8) is 0 Å². The maximum absolute atomic E-state index is 10.0. The molecule has 0 amide bonds. The van der Waals surface area contributed by atoms with Gasteiger partial charge in [0.25, 0.3) is 0 Å². The minimum Gasteiger partial charge on any atom is -0.393 e. The van der Waals surface area contributed by atoms with E-state index in [1.807, 2.05) is 0 Å². The average Bonchev–Trinajstić information content (AvgIpc) is 2.17. The van der Waals surface area contributed by atoms with Gasteiger partial charge in [-0.1, -0.05) is 45.8 Å². The van der Waals surface area contributed by atoms with Crippen LogP contribution in [0.15, 0.2) is 12.2 Å². The first-order valence-corrected chi connectivity index (χ1v) is 6.00. The molecule has 0 aliphatic rings. The lowest BCUT2D eigenvalue weighted by Gasteiger charge is -2.22. The van der Waals surface area contributed by atoms with Crippen LogP contribution in [0.2, 0.25) is 0 Å². The zero-order valence-electron chi connectivity index (χ0n) is 10.1. The molecule has 0 aromatic carbocycles. The molecule has 0 radical (unpaired) electrons. The summed E-state index contributed by atoms with van der Waals surface area (Å²) in [4.78, 5) is 0. The first-order valence-electron chi connectivity index (χ1n) is 6.00. The van der Waals surface area contributed by atoms with Crippen molar-refractivity contribution < 1.29 is 5.11 Å². The van der Waals surface area contributed by atoms with Crippen LogP contribution in [0.1, 0.15) is 59.3 Å². The van der Waals surface area contributed by atoms with Gasteiger partial charge in [-0.2, -0.15) is 0 Å². The molecule has 84 valence electrons. The standard InChI is InChI=1S/C13H26O/c1-5-8-12(9-6-2)13(14)10-11(4)7-3/h12-14H,4-10H2,1-3H3. The average molecular weight is 198 g/mol. The van der Waals surface area contributed by atoms with E-state index in [-0.39, 0.29) is 6.10 Å². The van der Waals surface area contributed by atoms with Gasteiger partial charge in [-0.3, -0.25) is 0 Å². The molecule has 0 aromatic rings. The van der Waals surface area contributed by atoms with Crippen molar-refractivity contribution in [1.29, 1.82) is 0 Å². The largest absolute Gasteiger partial charge is 0.393 e. The van der Waals surface area contributed by atoms with Crippen molar-refractivity contribution >= 4 is 0 Å². The second kappa shape index (κ2) is 8.05. The molecule has 0 spiro atoms. The van der Waals surface area contributed by atoms with Gasteiger partial charge in [0, 0.05) is 0 Å². The van der Waals surface area contributed by atoms with E-state index in [2.05, 4.69) is 27.4 Å². The topological polar surface area (TPSA) is 20.2 Å². The Hall–Kier alpha value is -0.300. The summed E-state index contributed by atoms with van der Waals surface area (Å²) in [7, 11) is 0. The van der Waals surface area contributed by atoms with Crippen LogP contribution in [0.25, 0.3) is 0 Å². The lowest BCUT2D eigenvalue weighted by molar-refractivity contribution is 0.0958. The molecule has 1 heteroatoms. The van der Waals surface area contributed by atoms with Crippen LogP contribution in [0.4, 0.5) is 0 Å². The van der Waals surface area contributed by atoms with Crippen molar-refractivity contribution in [2.24, 2.45) is 5.92 Å². The van der Waals surface area contributed by atoms with Crippen molar-refractivity contribution in [2.45, 2.75) is 65.4 Å². The predicted octanol–water partition coefficient (Wildman–Crippen LogP) is 3.92. The molecule has 0 saturated carbocycles. The van der Waals surface area contributed by atoms with E-state index >= 15 is 0 Å². The van der Waals surface area contributed by atoms with E-state index in [1.54, 1.807) is 0 Å². The summed E-state index contributed by atoms with van der Waals surface area (Å²) in [6.07, 6.45) is 6.24. The number of hydrogen-bond acceptors (Lipinski definition) is 1. The molecule has 0 aliphatic heterocycles. The Bertz CT molecular complexity index is 145. The van der Waals surface area contributed by atoms with Crippen LogP contribution >= 0.6 is 0 Å². The molecule has 1 atom stereocenters. The van der Waals surface area contributed by atoms with Gasteiger partial charge < -0.3 is 5.11 Å². The summed E-state index contributed by atoms with van der Waals surface area (Å²) < 4.78 is 0. The Balaban J connectivity index is 3.99. The smallest absolute Gasteiger partial charge is 0.0605 e. The summed E-state index contributed by atoms with van der Waals surface area (Å²) in [5, 5.41) is 10.0. The summed E-state index contributed by atoms with van der Waals surface area (Å²) >= 11 is 0. The minimum atomic E-state index is -0.164. The molecule has 1 nitrogen and oxygen atoms in total. The van der Waals surface area contributed by atoms with Crippen molar-refractivity contribution in [2.75, 3.05) is 0 Å². The van der Waals surface area contributed by atoms with E-state index in [1.165, 1.54) is 18.4 Å². The molecule has 0 heterocycles. The fourth-order valence-corrected chi connectivity index (χ4v) is 1.88. The summed E-state index contributed by atoms with van der Waals surface area (Å²) in [5.74, 6) is 0.480. The highest BCUT2D eigenvalue weighted by molar-refractivity contribution is 4.95. The number of hydrogen-bond donors (Lipinski definition) is 1. The zero-order chi connectivity index (χ0) is 11.0. The van der Waals surface area contributed by atoms with Gasteiger partial charge in [0.2, 0.25) is 0 Å². The first-order chi connectivity index (χ1) is 6.65. The minimum absolute atomic E-state index is 0.164. The quantitative estimate of drug-likeness (QED) is 0.586. The second-order valence-electron chi connectivity index (χ2n) is 4.21. The summed E-state index contributed by atoms with van der Waals surface area (Å²) in [5.41, 5.74) is 1.18. The molecule has 1 unspecified atom stereocenters. The monoisotopic (exact) mass is 198 g/mol. The molecule has 0 aromatic heterocycles. The predicted molar refractivity (Wildman–Crippen MR) is 63.4 cm³/mol. The number of rotatable bonds is 8. The molecule has 1 N–H and O–H groups in total. The fourth-order valence-electron chi connectivity index (χ4n) is 1.88. The molecule has 0 bridgehead atoms. The van der Waals surface area contributed by atoms with Crippen LogP contribution in [0, 0.1) is 5.92 Å². The van der Waals surface area contributed by atoms with E-state index in [4.69, 9.17) is 0 Å². The van der Waals surface area contributed by atoms with E-state index in [0.717, 1.165) is 25.7 Å². The van der Waals surface area contributed by atoms with Crippen LogP contribution in [0.3, 0.4) is 0 Å². The third-order valence-corrected chi connectivity index (χ3v) is 2.86. The van der Waals surface area contributed by atoms with Crippen LogP contribution in [-0.4, -0.2) is 11.2 Å². The SMILES string of the molecule is C=C(CC)CC(O)C(CCC)CCC. The zero-order valence-corrected chi connectivity index (χ0v) is 10.1. The molecule has 0 aliphatic carbocycles. The third-order valence-electron chi connectivity index (χ3n) is 2.86. The fraction of sp³-hybridized carbons (Fsp3) is 0.846. The molecular weight excluding hydrogens is 172 g/mol. The van der Waals surface area contributed by atoms with Gasteiger partial charge >= 0.3 is 0 Å². The van der Waals surface area contributed by atoms with E-state index < -0.39 is 0 Å². The van der Waals surface area contributed by atoms with E-state index in [0.29, 0.717) is 5.92 Å². The Morgan fingerprint density at radius 3 is 2.00 bits per heavy atom. The second-order valence-corrected chi connectivity index (χ2v) is 4.21. The summed E-state index contributed by atoms with van der Waals surface area (Å²) in [6, 6.07) is 0. The van der Waals surface area contributed by atoms with Gasteiger partial charge in [-0.05, 0) is 31.6 Å². The Labute approximate surface area is 89.2 Å². The molecule has 0 rings (SSSR count). The number of aliphatic hydroxyl groups excluding tert-OH is 1. The Morgan fingerprint density at radius 2 is 1.64 bits per heavy atom. The summed E-state index contributed by atoms with van der Waals surface area (Å²) in [6.45, 7) is 10.4. The Morgan fingerprint density at radius 1 is 1.14 bits per heavy atom. The van der Waals surface area contributed by atoms with Crippen molar-refractivity contribution in [1.82, 2.24) is 0 Å². The first kappa shape index (κ1) is 13.7. The highest BCUT2D eigenvalue weighted by atomic mass is 16.3. The van der Waals surface area contributed by atoms with Crippen LogP contribution < -0.4 is 0 Å². The highest BCUT2D eigenvalue weighted by Gasteiger charge is 2.17. The van der Waals surface area contributed by atoms with Crippen LogP contribution in [0.5, 0.6) is 0 Å². The van der Waals surface area contributed by atoms with Gasteiger partial charge in [0.15, 0.2) is 0 Å². The van der Waals surface area contributed by atoms with Gasteiger partial charge in [-0.15, -0.1) is 0 Å². The molecular formula is C13H26O. The van der Waals surface area contributed by atoms with Gasteiger partial charge in [-0.25, -0.2) is 0 Å². The van der Waals surface area contributed by atoms with Crippen LogP contribution in [-0.2, 0) is 0 Å². The molecule has 0 fully saturated rings. The highest BCUT2D eigenvalue weighted by Crippen LogP contribution is 2.22.